The molecule has 0 spiro atoms. The molecule has 4 rings (SSSR count). The molecule has 0 radical (unpaired) electrons. The van der Waals surface area contributed by atoms with E-state index in [2.05, 4.69) is 43.0 Å². The van der Waals surface area contributed by atoms with Gasteiger partial charge in [0.25, 0.3) is 0 Å². The zero-order valence-corrected chi connectivity index (χ0v) is 17.5. The van der Waals surface area contributed by atoms with Crippen molar-refractivity contribution in [3.8, 4) is 11.5 Å². The van der Waals surface area contributed by atoms with E-state index in [0.29, 0.717) is 18.1 Å². The third kappa shape index (κ3) is 5.11. The van der Waals surface area contributed by atoms with Gasteiger partial charge in [0.15, 0.2) is 0 Å². The molecule has 0 N–H and O–H groups in total. The van der Waals surface area contributed by atoms with E-state index in [4.69, 9.17) is 9.47 Å². The minimum absolute atomic E-state index is 0.214. The second-order valence-electron chi connectivity index (χ2n) is 8.40. The molecule has 2 fully saturated rings. The maximum Gasteiger partial charge on any atom is 0.136 e. The number of ether oxygens (including phenoxy) is 2. The Morgan fingerprint density at radius 1 is 1.03 bits per heavy atom. The number of benzene rings is 2. The van der Waals surface area contributed by atoms with Crippen molar-refractivity contribution in [2.45, 2.75) is 51.6 Å². The van der Waals surface area contributed by atoms with Crippen LogP contribution < -0.4 is 14.4 Å². The number of anilines is 1. The van der Waals surface area contributed by atoms with Crippen LogP contribution in [0.25, 0.3) is 0 Å². The van der Waals surface area contributed by atoms with Gasteiger partial charge in [-0.25, -0.2) is 0 Å². The van der Waals surface area contributed by atoms with Gasteiger partial charge in [-0.05, 0) is 67.1 Å². The number of carbonyl (C=O) groups is 1. The maximum absolute atomic E-state index is 12.0. The van der Waals surface area contributed by atoms with Gasteiger partial charge in [-0.15, -0.1) is 0 Å². The van der Waals surface area contributed by atoms with Crippen LogP contribution in [0, 0.1) is 5.92 Å². The highest BCUT2D eigenvalue weighted by Gasteiger charge is 2.30. The molecule has 0 aromatic heterocycles. The first-order valence-corrected chi connectivity index (χ1v) is 10.9. The van der Waals surface area contributed by atoms with Gasteiger partial charge in [-0.3, -0.25) is 4.79 Å². The largest absolute Gasteiger partial charge is 0.494 e. The Bertz CT molecular complexity index is 805. The highest BCUT2D eigenvalue weighted by molar-refractivity contribution is 5.83. The Balaban J connectivity index is 1.23. The molecule has 1 heterocycles. The molecule has 4 heteroatoms. The van der Waals surface area contributed by atoms with Crippen LogP contribution in [0.15, 0.2) is 48.5 Å². The molecule has 2 aromatic rings. The summed E-state index contributed by atoms with van der Waals surface area (Å²) in [6.45, 7) is 6.79. The summed E-state index contributed by atoms with van der Waals surface area (Å²) in [5.41, 5.74) is 2.42. The predicted octanol–water partition coefficient (Wildman–Crippen LogP) is 5.22. The lowest BCUT2D eigenvalue weighted by Gasteiger charge is -2.40. The lowest BCUT2D eigenvalue weighted by atomic mass is 9.94. The van der Waals surface area contributed by atoms with Gasteiger partial charge in [-0.1, -0.05) is 26.0 Å². The minimum atomic E-state index is 0.214. The van der Waals surface area contributed by atoms with Crippen molar-refractivity contribution in [2.24, 2.45) is 5.92 Å². The zero-order chi connectivity index (χ0) is 20.2. The Morgan fingerprint density at radius 2 is 1.69 bits per heavy atom. The summed E-state index contributed by atoms with van der Waals surface area (Å²) in [4.78, 5) is 14.3. The zero-order valence-electron chi connectivity index (χ0n) is 17.5. The van der Waals surface area contributed by atoms with Crippen LogP contribution in [0.3, 0.4) is 0 Å². The first kappa shape index (κ1) is 19.8. The van der Waals surface area contributed by atoms with Crippen molar-refractivity contribution >= 4 is 11.5 Å². The van der Waals surface area contributed by atoms with Crippen molar-refractivity contribution in [1.29, 1.82) is 0 Å². The molecule has 2 aliphatic rings. The Labute approximate surface area is 173 Å². The average Bonchev–Trinajstić information content (AvgIpc) is 3.55. The average molecular weight is 394 g/mol. The van der Waals surface area contributed by atoms with Crippen LogP contribution in [0.2, 0.25) is 0 Å². The second-order valence-corrected chi connectivity index (χ2v) is 8.40. The third-order valence-electron chi connectivity index (χ3n) is 5.81. The fraction of sp³-hybridized carbons (Fsp3) is 0.480. The van der Waals surface area contributed by atoms with Crippen LogP contribution in [0.4, 0.5) is 5.69 Å². The highest BCUT2D eigenvalue weighted by Crippen LogP contribution is 2.34. The smallest absolute Gasteiger partial charge is 0.136 e. The van der Waals surface area contributed by atoms with Gasteiger partial charge in [0.2, 0.25) is 0 Å². The van der Waals surface area contributed by atoms with Crippen molar-refractivity contribution < 1.29 is 14.3 Å². The number of hydrogen-bond donors (Lipinski definition) is 0. The van der Waals surface area contributed by atoms with Crippen LogP contribution >= 0.6 is 0 Å². The van der Waals surface area contributed by atoms with Gasteiger partial charge in [0.05, 0.1) is 19.7 Å². The summed E-state index contributed by atoms with van der Waals surface area (Å²) >= 11 is 0. The molecule has 4 nitrogen and oxygen atoms in total. The van der Waals surface area contributed by atoms with Crippen LogP contribution in [0.1, 0.15) is 51.0 Å². The molecule has 0 unspecified atom stereocenters. The number of hydrogen-bond acceptors (Lipinski definition) is 4. The van der Waals surface area contributed by atoms with E-state index in [1.807, 2.05) is 24.3 Å². The van der Waals surface area contributed by atoms with Gasteiger partial charge >= 0.3 is 0 Å². The number of nitrogens with zero attached hydrogens (tertiary/aromatic N) is 1. The van der Waals surface area contributed by atoms with Crippen molar-refractivity contribution in [1.82, 2.24) is 0 Å². The summed E-state index contributed by atoms with van der Waals surface area (Å²) in [6, 6.07) is 16.6. The van der Waals surface area contributed by atoms with Crippen molar-refractivity contribution in [2.75, 3.05) is 24.6 Å². The van der Waals surface area contributed by atoms with E-state index in [1.165, 1.54) is 11.3 Å². The monoisotopic (exact) mass is 393 g/mol. The van der Waals surface area contributed by atoms with Gasteiger partial charge in [-0.2, -0.15) is 0 Å². The summed E-state index contributed by atoms with van der Waals surface area (Å²) in [5, 5.41) is 0. The molecule has 1 saturated carbocycles. The topological polar surface area (TPSA) is 38.8 Å². The molecule has 1 aliphatic heterocycles. The van der Waals surface area contributed by atoms with E-state index in [1.54, 1.807) is 0 Å². The Morgan fingerprint density at radius 3 is 2.31 bits per heavy atom. The van der Waals surface area contributed by atoms with Gasteiger partial charge in [0.1, 0.15) is 23.4 Å². The van der Waals surface area contributed by atoms with E-state index in [-0.39, 0.29) is 12.0 Å². The first-order chi connectivity index (χ1) is 14.1. The van der Waals surface area contributed by atoms with Crippen molar-refractivity contribution in [3.63, 3.8) is 0 Å². The normalized spacial score (nSPS) is 17.5. The number of ketones is 1. The number of rotatable bonds is 10. The van der Waals surface area contributed by atoms with Gasteiger partial charge < -0.3 is 14.4 Å². The Kier molecular flexibility index (Phi) is 6.08. The molecule has 154 valence electrons. The van der Waals surface area contributed by atoms with Crippen LogP contribution in [-0.4, -0.2) is 31.6 Å². The summed E-state index contributed by atoms with van der Waals surface area (Å²) < 4.78 is 11.8. The summed E-state index contributed by atoms with van der Waals surface area (Å²) in [6.07, 6.45) is 4.07. The quantitative estimate of drug-likeness (QED) is 0.555. The number of Topliss-reactive ketones (excluding diaryl/α,β-unsaturated/α-hetero) is 1. The lowest BCUT2D eigenvalue weighted by molar-refractivity contribution is -0.120. The summed E-state index contributed by atoms with van der Waals surface area (Å²) in [5.74, 6) is 2.89. The molecule has 1 saturated heterocycles. The Hall–Kier alpha value is -2.49. The van der Waals surface area contributed by atoms with Crippen molar-refractivity contribution in [3.05, 3.63) is 54.1 Å². The second kappa shape index (κ2) is 8.89. The minimum Gasteiger partial charge on any atom is -0.494 e. The lowest BCUT2D eigenvalue weighted by Crippen LogP contribution is -2.54. The molecule has 0 bridgehead atoms. The summed E-state index contributed by atoms with van der Waals surface area (Å²) in [7, 11) is 0. The van der Waals surface area contributed by atoms with E-state index >= 15 is 0 Å². The highest BCUT2D eigenvalue weighted by atomic mass is 16.5. The van der Waals surface area contributed by atoms with Gasteiger partial charge in [0, 0.05) is 18.0 Å². The molecular formula is C25H31NO3. The van der Waals surface area contributed by atoms with Crippen LogP contribution in [0.5, 0.6) is 11.5 Å². The SMILES string of the molecule is CCCOc1ccc(N2CC(Oc3ccc([C@H](C)CC(=O)C4CC4)cc3)C2)cc1. The maximum atomic E-state index is 12.0. The fourth-order valence-corrected chi connectivity index (χ4v) is 3.76. The molecule has 0 amide bonds. The molecule has 2 aromatic carbocycles. The van der Waals surface area contributed by atoms with Crippen LogP contribution in [-0.2, 0) is 4.79 Å². The molecular weight excluding hydrogens is 362 g/mol. The molecule has 1 aliphatic carbocycles. The molecule has 29 heavy (non-hydrogen) atoms. The predicted molar refractivity (Wildman–Crippen MR) is 116 cm³/mol. The fourth-order valence-electron chi connectivity index (χ4n) is 3.76. The van der Waals surface area contributed by atoms with E-state index in [9.17, 15) is 4.79 Å². The third-order valence-corrected chi connectivity index (χ3v) is 5.81. The van der Waals surface area contributed by atoms with E-state index in [0.717, 1.165) is 50.5 Å². The number of carbonyl (C=O) groups excluding carboxylic acids is 1. The first-order valence-electron chi connectivity index (χ1n) is 10.9. The van der Waals surface area contributed by atoms with E-state index < -0.39 is 0 Å². The standard InChI is InChI=1S/C25H31NO3/c1-3-14-28-22-12-8-21(9-13-22)26-16-24(17-26)29-23-10-6-19(7-11-23)18(2)15-25(27)20-4-5-20/h6-13,18,20,24H,3-5,14-17H2,1-2H3/t18-/m1/s1. The molecule has 1 atom stereocenters.